The molecule has 0 radical (unpaired) electrons. The molecule has 3 aromatic rings. The number of aromatic nitrogens is 1. The summed E-state index contributed by atoms with van der Waals surface area (Å²) in [6.45, 7) is 2.34. The second-order valence-electron chi connectivity index (χ2n) is 8.07. The van der Waals surface area contributed by atoms with E-state index in [-0.39, 0.29) is 24.1 Å². The van der Waals surface area contributed by atoms with E-state index in [1.165, 1.54) is 11.3 Å². The molecule has 12 heteroatoms. The molecular weight excluding hydrogens is 518 g/mol. The lowest BCUT2D eigenvalue weighted by atomic mass is 10.1. The first-order chi connectivity index (χ1) is 17.7. The number of hydrogen-bond acceptors (Lipinski definition) is 8. The zero-order chi connectivity index (χ0) is 26.8. The molecule has 1 aromatic heterocycles. The molecule has 0 bridgehead atoms. The predicted octanol–water partition coefficient (Wildman–Crippen LogP) is 4.20. The summed E-state index contributed by atoms with van der Waals surface area (Å²) in [5, 5.41) is 5.84. The number of carbonyl (C=O) groups is 1. The van der Waals surface area contributed by atoms with Gasteiger partial charge >= 0.3 is 10.3 Å². The van der Waals surface area contributed by atoms with Gasteiger partial charge in [-0.15, -0.1) is 11.3 Å². The van der Waals surface area contributed by atoms with E-state index in [4.69, 9.17) is 18.8 Å². The average Bonchev–Trinajstić information content (AvgIpc) is 3.35. The zero-order valence-corrected chi connectivity index (χ0v) is 22.5. The summed E-state index contributed by atoms with van der Waals surface area (Å²) < 4.78 is 49.4. The van der Waals surface area contributed by atoms with Gasteiger partial charge in [0.05, 0.1) is 38.2 Å². The SMILES string of the molecule is CCc1csc([C@H](Cc2ccc(NS(=O)(=O)O)cc2)NC(=O)CCCOc2cccc(OC)c2OC)n1. The highest BCUT2D eigenvalue weighted by molar-refractivity contribution is 7.87. The van der Waals surface area contributed by atoms with Gasteiger partial charge in [0.15, 0.2) is 11.5 Å². The molecule has 0 saturated carbocycles. The highest BCUT2D eigenvalue weighted by Crippen LogP contribution is 2.36. The Morgan fingerprint density at radius 1 is 1.11 bits per heavy atom. The van der Waals surface area contributed by atoms with Gasteiger partial charge in [0.25, 0.3) is 0 Å². The fourth-order valence-electron chi connectivity index (χ4n) is 3.59. The van der Waals surface area contributed by atoms with Gasteiger partial charge in [0.2, 0.25) is 11.7 Å². The molecule has 0 unspecified atom stereocenters. The molecule has 0 aliphatic rings. The molecule has 3 rings (SSSR count). The maximum Gasteiger partial charge on any atom is 0.357 e. The number of nitrogens with zero attached hydrogens (tertiary/aromatic N) is 1. The molecule has 10 nitrogen and oxygen atoms in total. The van der Waals surface area contributed by atoms with Gasteiger partial charge in [0.1, 0.15) is 5.01 Å². The quantitative estimate of drug-likeness (QED) is 0.201. The Kier molecular flexibility index (Phi) is 10.1. The van der Waals surface area contributed by atoms with Crippen LogP contribution in [0.4, 0.5) is 5.69 Å². The number of anilines is 1. The molecule has 3 N–H and O–H groups in total. The van der Waals surface area contributed by atoms with Crippen molar-refractivity contribution in [1.29, 1.82) is 0 Å². The van der Waals surface area contributed by atoms with Crippen molar-refractivity contribution in [3.8, 4) is 17.2 Å². The lowest BCUT2D eigenvalue weighted by molar-refractivity contribution is -0.122. The van der Waals surface area contributed by atoms with Gasteiger partial charge in [-0.2, -0.15) is 8.42 Å². The summed E-state index contributed by atoms with van der Waals surface area (Å²) in [5.41, 5.74) is 2.06. The number of thiazole rings is 1. The van der Waals surface area contributed by atoms with Crippen molar-refractivity contribution in [1.82, 2.24) is 10.3 Å². The second kappa shape index (κ2) is 13.3. The lowest BCUT2D eigenvalue weighted by Gasteiger charge is -2.17. The van der Waals surface area contributed by atoms with E-state index in [1.54, 1.807) is 56.7 Å². The molecule has 0 fully saturated rings. The minimum atomic E-state index is -4.35. The number of para-hydroxylation sites is 1. The second-order valence-corrected chi connectivity index (χ2v) is 10.1. The number of hydrogen-bond donors (Lipinski definition) is 3. The van der Waals surface area contributed by atoms with Crippen LogP contribution in [0.1, 0.15) is 42.1 Å². The normalized spacial score (nSPS) is 12.0. The molecule has 0 spiro atoms. The molecule has 0 saturated heterocycles. The van der Waals surface area contributed by atoms with Crippen LogP contribution in [-0.2, 0) is 27.9 Å². The number of rotatable bonds is 14. The summed E-state index contributed by atoms with van der Waals surface area (Å²) >= 11 is 1.49. The maximum absolute atomic E-state index is 12.8. The number of methoxy groups -OCH3 is 2. The molecule has 1 atom stereocenters. The van der Waals surface area contributed by atoms with Crippen molar-refractivity contribution >= 4 is 33.2 Å². The topological polar surface area (TPSA) is 136 Å². The number of carbonyl (C=O) groups excluding carboxylic acids is 1. The largest absolute Gasteiger partial charge is 0.493 e. The van der Waals surface area contributed by atoms with Crippen LogP contribution in [0, 0.1) is 0 Å². The highest BCUT2D eigenvalue weighted by atomic mass is 32.2. The Labute approximate surface area is 220 Å². The number of ether oxygens (including phenoxy) is 3. The zero-order valence-electron chi connectivity index (χ0n) is 20.9. The van der Waals surface area contributed by atoms with E-state index in [9.17, 15) is 13.2 Å². The summed E-state index contributed by atoms with van der Waals surface area (Å²) in [5.74, 6) is 1.48. The Hall–Kier alpha value is -3.35. The van der Waals surface area contributed by atoms with Gasteiger partial charge in [-0.25, -0.2) is 4.98 Å². The van der Waals surface area contributed by atoms with Crippen molar-refractivity contribution in [2.24, 2.45) is 0 Å². The van der Waals surface area contributed by atoms with Crippen LogP contribution in [0.15, 0.2) is 47.8 Å². The van der Waals surface area contributed by atoms with Gasteiger partial charge < -0.3 is 19.5 Å². The molecule has 0 aliphatic heterocycles. The van der Waals surface area contributed by atoms with Crippen LogP contribution in [-0.4, -0.2) is 44.7 Å². The smallest absolute Gasteiger partial charge is 0.357 e. The van der Waals surface area contributed by atoms with Crippen LogP contribution in [0.25, 0.3) is 0 Å². The third-order valence-electron chi connectivity index (χ3n) is 5.38. The Morgan fingerprint density at radius 2 is 1.84 bits per heavy atom. The maximum atomic E-state index is 12.8. The number of amides is 1. The van der Waals surface area contributed by atoms with E-state index >= 15 is 0 Å². The minimum Gasteiger partial charge on any atom is -0.493 e. The van der Waals surface area contributed by atoms with Crippen LogP contribution in [0.2, 0.25) is 0 Å². The summed E-state index contributed by atoms with van der Waals surface area (Å²) in [6, 6.07) is 11.6. The molecule has 2 aromatic carbocycles. The van der Waals surface area contributed by atoms with Crippen LogP contribution in [0.3, 0.4) is 0 Å². The summed E-state index contributed by atoms with van der Waals surface area (Å²) in [4.78, 5) is 17.4. The number of benzene rings is 2. The minimum absolute atomic E-state index is 0.135. The molecule has 37 heavy (non-hydrogen) atoms. The van der Waals surface area contributed by atoms with E-state index < -0.39 is 10.3 Å². The van der Waals surface area contributed by atoms with Crippen LogP contribution < -0.4 is 24.2 Å². The molecular formula is C25H31N3O7S2. The molecule has 0 aliphatic carbocycles. The van der Waals surface area contributed by atoms with Gasteiger partial charge in [0, 0.05) is 11.8 Å². The first-order valence-corrected chi connectivity index (χ1v) is 14.0. The molecule has 200 valence electrons. The van der Waals surface area contributed by atoms with Crippen molar-refractivity contribution in [3.05, 3.63) is 64.1 Å². The van der Waals surface area contributed by atoms with E-state index in [0.29, 0.717) is 36.7 Å². The lowest BCUT2D eigenvalue weighted by Crippen LogP contribution is -2.30. The highest BCUT2D eigenvalue weighted by Gasteiger charge is 2.19. The Bertz CT molecular complexity index is 1280. The van der Waals surface area contributed by atoms with E-state index in [2.05, 4.69) is 10.3 Å². The van der Waals surface area contributed by atoms with Crippen molar-refractivity contribution in [3.63, 3.8) is 0 Å². The van der Waals surface area contributed by atoms with Crippen molar-refractivity contribution in [2.75, 3.05) is 25.5 Å². The molecule has 1 heterocycles. The summed E-state index contributed by atoms with van der Waals surface area (Å²) in [6.07, 6.45) is 2.00. The van der Waals surface area contributed by atoms with Crippen molar-refractivity contribution in [2.45, 2.75) is 38.6 Å². The predicted molar refractivity (Wildman–Crippen MR) is 142 cm³/mol. The monoisotopic (exact) mass is 549 g/mol. The number of aryl methyl sites for hydroxylation is 1. The fourth-order valence-corrected chi connectivity index (χ4v) is 4.98. The van der Waals surface area contributed by atoms with Crippen LogP contribution >= 0.6 is 11.3 Å². The third-order valence-corrected chi connectivity index (χ3v) is 6.88. The molecule has 1 amide bonds. The van der Waals surface area contributed by atoms with E-state index in [0.717, 1.165) is 22.7 Å². The van der Waals surface area contributed by atoms with Crippen molar-refractivity contribution < 1.29 is 32.0 Å². The summed E-state index contributed by atoms with van der Waals surface area (Å²) in [7, 11) is -1.25. The standard InChI is InChI=1S/C25H31N3O7S2/c1-4-18-16-36-25(26-18)20(15-17-10-12-19(13-11-17)28-37(30,31)32)27-23(29)9-6-14-35-22-8-5-7-21(33-2)24(22)34-3/h5,7-8,10-13,16,20,28H,4,6,9,14-15H2,1-3H3,(H,27,29)(H,30,31,32)/t20-/m0/s1. The average molecular weight is 550 g/mol. The third kappa shape index (κ3) is 8.62. The fraction of sp³-hybridized carbons (Fsp3) is 0.360. The van der Waals surface area contributed by atoms with Gasteiger partial charge in [-0.05, 0) is 49.1 Å². The Balaban J connectivity index is 1.60. The first kappa shape index (κ1) is 28.2. The van der Waals surface area contributed by atoms with Crippen LogP contribution in [0.5, 0.6) is 17.2 Å². The van der Waals surface area contributed by atoms with Gasteiger partial charge in [-0.3, -0.25) is 14.1 Å². The van der Waals surface area contributed by atoms with E-state index in [1.807, 2.05) is 17.0 Å². The number of nitrogens with one attached hydrogen (secondary N) is 2. The Morgan fingerprint density at radius 3 is 2.46 bits per heavy atom. The first-order valence-electron chi connectivity index (χ1n) is 11.6. The van der Waals surface area contributed by atoms with Gasteiger partial charge in [-0.1, -0.05) is 25.1 Å².